The third kappa shape index (κ3) is 3.20. The molecule has 1 aliphatic heterocycles. The van der Waals surface area contributed by atoms with Crippen LogP contribution in [0.4, 0.5) is 0 Å². The Morgan fingerprint density at radius 2 is 2.14 bits per heavy atom. The van der Waals surface area contributed by atoms with Crippen LogP contribution in [0.25, 0.3) is 0 Å². The molecule has 1 aromatic heterocycles. The topological polar surface area (TPSA) is 65.0 Å². The molecule has 1 aliphatic rings. The summed E-state index contributed by atoms with van der Waals surface area (Å²) in [5, 5.41) is 18.0. The molecule has 2 N–H and O–H groups in total. The highest BCUT2D eigenvalue weighted by atomic mass is 16.3. The summed E-state index contributed by atoms with van der Waals surface area (Å²) in [5.74, 6) is 1.75. The second-order valence-corrected chi connectivity index (χ2v) is 6.31. The molecule has 5 nitrogen and oxygen atoms in total. The Morgan fingerprint density at radius 1 is 1.32 bits per heavy atom. The Balaban J connectivity index is 1.55. The molecule has 0 spiro atoms. The number of aromatic amines is 1. The molecule has 1 saturated heterocycles. The minimum absolute atomic E-state index is 0.702. The lowest BCUT2D eigenvalue weighted by molar-refractivity contribution is 0.0454. The lowest BCUT2D eigenvalue weighted by Crippen LogP contribution is -2.32. The molecular formula is C17H24N4O. The van der Waals surface area contributed by atoms with E-state index in [2.05, 4.69) is 39.1 Å². The minimum atomic E-state index is -0.702. The van der Waals surface area contributed by atoms with Crippen LogP contribution >= 0.6 is 0 Å². The summed E-state index contributed by atoms with van der Waals surface area (Å²) in [4.78, 5) is 6.67. The molecule has 0 radical (unpaired) electrons. The van der Waals surface area contributed by atoms with Gasteiger partial charge in [0.15, 0.2) is 5.82 Å². The van der Waals surface area contributed by atoms with Gasteiger partial charge in [0, 0.05) is 19.5 Å². The number of benzene rings is 1. The molecule has 1 aromatic carbocycles. The van der Waals surface area contributed by atoms with Crippen LogP contribution in [0.2, 0.25) is 0 Å². The standard InChI is InChI=1S/C17H24N4O/c1-13-6-3-4-7-15(13)17(22)9-11-21(12-17)10-5-8-16-18-14(2)19-20-16/h3-4,6-7,22H,5,8-12H2,1-2H3,(H,18,19,20). The maximum atomic E-state index is 11.0. The molecule has 2 heterocycles. The number of nitrogens with one attached hydrogen (secondary N) is 1. The molecule has 0 amide bonds. The van der Waals surface area contributed by atoms with Crippen LogP contribution in [0.3, 0.4) is 0 Å². The monoisotopic (exact) mass is 300 g/mol. The number of nitrogens with zero attached hydrogens (tertiary/aromatic N) is 3. The molecule has 0 aliphatic carbocycles. The second kappa shape index (κ2) is 6.18. The van der Waals surface area contributed by atoms with Crippen molar-refractivity contribution in [3.8, 4) is 0 Å². The van der Waals surface area contributed by atoms with Crippen molar-refractivity contribution in [1.82, 2.24) is 20.1 Å². The zero-order valence-electron chi connectivity index (χ0n) is 13.3. The predicted molar refractivity (Wildman–Crippen MR) is 85.6 cm³/mol. The van der Waals surface area contributed by atoms with Crippen molar-refractivity contribution >= 4 is 0 Å². The van der Waals surface area contributed by atoms with Crippen LogP contribution in [0, 0.1) is 13.8 Å². The summed E-state index contributed by atoms with van der Waals surface area (Å²) >= 11 is 0. The average Bonchev–Trinajstić information content (AvgIpc) is 3.07. The summed E-state index contributed by atoms with van der Waals surface area (Å²) in [7, 11) is 0. The molecule has 1 fully saturated rings. The molecule has 5 heteroatoms. The van der Waals surface area contributed by atoms with Gasteiger partial charge in [-0.15, -0.1) is 0 Å². The SMILES string of the molecule is Cc1nc(CCCN2CCC(O)(c3ccccc3C)C2)n[nH]1. The van der Waals surface area contributed by atoms with Gasteiger partial charge in [0.25, 0.3) is 0 Å². The molecule has 0 saturated carbocycles. The first kappa shape index (κ1) is 15.2. The van der Waals surface area contributed by atoms with Gasteiger partial charge in [-0.05, 0) is 44.4 Å². The molecule has 3 rings (SSSR count). The minimum Gasteiger partial charge on any atom is -0.384 e. The Labute approximate surface area is 131 Å². The molecular weight excluding hydrogens is 276 g/mol. The Kier molecular flexibility index (Phi) is 4.27. The second-order valence-electron chi connectivity index (χ2n) is 6.31. The van der Waals surface area contributed by atoms with Crippen LogP contribution in [-0.4, -0.2) is 44.8 Å². The van der Waals surface area contributed by atoms with E-state index in [0.717, 1.165) is 49.6 Å². The lowest BCUT2D eigenvalue weighted by Gasteiger charge is -2.25. The fourth-order valence-corrected chi connectivity index (χ4v) is 3.34. The largest absolute Gasteiger partial charge is 0.384 e. The normalized spacial score (nSPS) is 22.3. The van der Waals surface area contributed by atoms with E-state index >= 15 is 0 Å². The molecule has 22 heavy (non-hydrogen) atoms. The average molecular weight is 300 g/mol. The van der Waals surface area contributed by atoms with Crippen molar-refractivity contribution in [2.45, 2.75) is 38.7 Å². The molecule has 1 atom stereocenters. The fraction of sp³-hybridized carbons (Fsp3) is 0.529. The number of hydrogen-bond donors (Lipinski definition) is 2. The summed E-state index contributed by atoms with van der Waals surface area (Å²) in [6, 6.07) is 8.15. The zero-order chi connectivity index (χ0) is 15.6. The summed E-state index contributed by atoms with van der Waals surface area (Å²) < 4.78 is 0. The molecule has 0 bridgehead atoms. The Morgan fingerprint density at radius 3 is 2.86 bits per heavy atom. The van der Waals surface area contributed by atoms with Gasteiger partial charge < -0.3 is 5.11 Å². The lowest BCUT2D eigenvalue weighted by atomic mass is 9.89. The highest BCUT2D eigenvalue weighted by molar-refractivity contribution is 5.32. The number of hydrogen-bond acceptors (Lipinski definition) is 4. The van der Waals surface area contributed by atoms with Crippen molar-refractivity contribution in [2.75, 3.05) is 19.6 Å². The van der Waals surface area contributed by atoms with E-state index in [9.17, 15) is 5.11 Å². The smallest absolute Gasteiger partial charge is 0.150 e. The van der Waals surface area contributed by atoms with E-state index in [1.54, 1.807) is 0 Å². The summed E-state index contributed by atoms with van der Waals surface area (Å²) in [6.45, 7) is 6.62. The maximum Gasteiger partial charge on any atom is 0.150 e. The first-order valence-corrected chi connectivity index (χ1v) is 7.95. The Bertz CT molecular complexity index is 639. The summed E-state index contributed by atoms with van der Waals surface area (Å²) in [6.07, 6.45) is 2.70. The highest BCUT2D eigenvalue weighted by Gasteiger charge is 2.38. The predicted octanol–water partition coefficient (Wildman–Crippen LogP) is 1.95. The van der Waals surface area contributed by atoms with Crippen LogP contribution in [0.15, 0.2) is 24.3 Å². The van der Waals surface area contributed by atoms with Crippen molar-refractivity contribution in [3.63, 3.8) is 0 Å². The van der Waals surface area contributed by atoms with Crippen LogP contribution in [-0.2, 0) is 12.0 Å². The molecule has 118 valence electrons. The maximum absolute atomic E-state index is 11.0. The zero-order valence-corrected chi connectivity index (χ0v) is 13.3. The van der Waals surface area contributed by atoms with Gasteiger partial charge in [-0.25, -0.2) is 4.98 Å². The molecule has 2 aromatic rings. The van der Waals surface area contributed by atoms with Crippen LogP contribution in [0.5, 0.6) is 0 Å². The first-order valence-electron chi connectivity index (χ1n) is 7.95. The fourth-order valence-electron chi connectivity index (χ4n) is 3.34. The number of β-amino-alcohol motifs (C(OH)–C–C–N with tert-alkyl or cyclic N) is 1. The quantitative estimate of drug-likeness (QED) is 0.886. The van der Waals surface area contributed by atoms with E-state index in [1.165, 1.54) is 5.56 Å². The number of rotatable bonds is 5. The number of H-pyrrole nitrogens is 1. The number of aryl methyl sites for hydroxylation is 3. The summed E-state index contributed by atoms with van der Waals surface area (Å²) in [5.41, 5.74) is 1.54. The van der Waals surface area contributed by atoms with Gasteiger partial charge >= 0.3 is 0 Å². The van der Waals surface area contributed by atoms with E-state index in [-0.39, 0.29) is 0 Å². The van der Waals surface area contributed by atoms with Crippen molar-refractivity contribution in [1.29, 1.82) is 0 Å². The van der Waals surface area contributed by atoms with Gasteiger partial charge in [0.2, 0.25) is 0 Å². The third-order valence-electron chi connectivity index (χ3n) is 4.49. The van der Waals surface area contributed by atoms with Gasteiger partial charge in [0.1, 0.15) is 11.4 Å². The van der Waals surface area contributed by atoms with E-state index in [0.29, 0.717) is 6.54 Å². The first-order chi connectivity index (χ1) is 10.6. The van der Waals surface area contributed by atoms with Crippen molar-refractivity contribution in [3.05, 3.63) is 47.0 Å². The number of aromatic nitrogens is 3. The Hall–Kier alpha value is -1.72. The van der Waals surface area contributed by atoms with Gasteiger partial charge in [-0.1, -0.05) is 24.3 Å². The van der Waals surface area contributed by atoms with Crippen molar-refractivity contribution in [2.24, 2.45) is 0 Å². The van der Waals surface area contributed by atoms with Crippen LogP contribution in [0.1, 0.15) is 35.6 Å². The van der Waals surface area contributed by atoms with E-state index in [1.807, 2.05) is 19.1 Å². The number of likely N-dealkylation sites (tertiary alicyclic amines) is 1. The van der Waals surface area contributed by atoms with Gasteiger partial charge in [0.05, 0.1) is 0 Å². The van der Waals surface area contributed by atoms with Gasteiger partial charge in [-0.2, -0.15) is 5.10 Å². The van der Waals surface area contributed by atoms with Crippen molar-refractivity contribution < 1.29 is 5.11 Å². The third-order valence-corrected chi connectivity index (χ3v) is 4.49. The highest BCUT2D eigenvalue weighted by Crippen LogP contribution is 2.33. The van der Waals surface area contributed by atoms with E-state index in [4.69, 9.17) is 0 Å². The van der Waals surface area contributed by atoms with Crippen LogP contribution < -0.4 is 0 Å². The van der Waals surface area contributed by atoms with Gasteiger partial charge in [-0.3, -0.25) is 10.00 Å². The molecule has 1 unspecified atom stereocenters. The number of aliphatic hydroxyl groups is 1. The van der Waals surface area contributed by atoms with E-state index < -0.39 is 5.60 Å².